The van der Waals surface area contributed by atoms with Crippen LogP contribution in [0.1, 0.15) is 25.8 Å². The number of ether oxygens (including phenoxy) is 1. The predicted octanol–water partition coefficient (Wildman–Crippen LogP) is 2.10. The number of nitriles is 1. The van der Waals surface area contributed by atoms with E-state index in [9.17, 15) is 5.11 Å². The van der Waals surface area contributed by atoms with Crippen LogP contribution in [0.5, 0.6) is 5.75 Å². The summed E-state index contributed by atoms with van der Waals surface area (Å²) >= 11 is 0. The molecule has 1 aromatic carbocycles. The molecule has 0 aliphatic carbocycles. The lowest BCUT2D eigenvalue weighted by Gasteiger charge is -2.21. The summed E-state index contributed by atoms with van der Waals surface area (Å²) in [6.45, 7) is 3.86. The molecule has 0 aliphatic heterocycles. The highest BCUT2D eigenvalue weighted by Crippen LogP contribution is 2.16. The van der Waals surface area contributed by atoms with E-state index in [0.29, 0.717) is 17.7 Å². The molecule has 1 N–H and O–H groups in total. The Hall–Kier alpha value is -1.53. The van der Waals surface area contributed by atoms with E-state index >= 15 is 0 Å². The summed E-state index contributed by atoms with van der Waals surface area (Å²) in [6.07, 6.45) is 0.630. The van der Waals surface area contributed by atoms with E-state index in [1.165, 1.54) is 0 Å². The molecule has 3 nitrogen and oxygen atoms in total. The maximum absolute atomic E-state index is 9.72. The second-order valence-corrected chi connectivity index (χ2v) is 3.78. The summed E-state index contributed by atoms with van der Waals surface area (Å²) in [6, 6.07) is 8.94. The fourth-order valence-electron chi connectivity index (χ4n) is 0.996. The van der Waals surface area contributed by atoms with Gasteiger partial charge in [0.05, 0.1) is 17.2 Å². The molecule has 0 aliphatic rings. The van der Waals surface area contributed by atoms with Crippen LogP contribution in [0.3, 0.4) is 0 Å². The Balaban J connectivity index is 2.62. The number of hydrogen-bond donors (Lipinski definition) is 1. The molecule has 15 heavy (non-hydrogen) atoms. The van der Waals surface area contributed by atoms with Gasteiger partial charge in [-0.1, -0.05) is 13.0 Å². The van der Waals surface area contributed by atoms with E-state index in [1.807, 2.05) is 13.0 Å². The third kappa shape index (κ3) is 3.61. The monoisotopic (exact) mass is 205 g/mol. The number of hydrogen-bond acceptors (Lipinski definition) is 3. The Morgan fingerprint density at radius 2 is 2.27 bits per heavy atom. The lowest BCUT2D eigenvalue weighted by molar-refractivity contribution is 0.00846. The van der Waals surface area contributed by atoms with Gasteiger partial charge in [-0.2, -0.15) is 5.26 Å². The van der Waals surface area contributed by atoms with E-state index in [0.717, 1.165) is 0 Å². The zero-order valence-corrected chi connectivity index (χ0v) is 9.03. The quantitative estimate of drug-likeness (QED) is 0.818. The van der Waals surface area contributed by atoms with E-state index in [2.05, 4.69) is 0 Å². The number of rotatable bonds is 4. The Morgan fingerprint density at radius 1 is 1.53 bits per heavy atom. The zero-order valence-electron chi connectivity index (χ0n) is 9.03. The van der Waals surface area contributed by atoms with Crippen LogP contribution in [0.2, 0.25) is 0 Å². The van der Waals surface area contributed by atoms with Crippen molar-refractivity contribution in [3.63, 3.8) is 0 Å². The highest BCUT2D eigenvalue weighted by molar-refractivity contribution is 5.36. The van der Waals surface area contributed by atoms with Crippen LogP contribution in [0.15, 0.2) is 24.3 Å². The lowest BCUT2D eigenvalue weighted by Crippen LogP contribution is -2.31. The summed E-state index contributed by atoms with van der Waals surface area (Å²) in [7, 11) is 0. The Morgan fingerprint density at radius 3 is 2.87 bits per heavy atom. The highest BCUT2D eigenvalue weighted by atomic mass is 16.5. The lowest BCUT2D eigenvalue weighted by atomic mass is 10.1. The fraction of sp³-hybridized carbons (Fsp3) is 0.417. The molecular formula is C12H15NO2. The van der Waals surface area contributed by atoms with Gasteiger partial charge in [-0.15, -0.1) is 0 Å². The molecule has 3 heteroatoms. The minimum atomic E-state index is -0.817. The summed E-state index contributed by atoms with van der Waals surface area (Å²) < 4.78 is 5.40. The number of nitrogens with zero attached hydrogens (tertiary/aromatic N) is 1. The summed E-state index contributed by atoms with van der Waals surface area (Å²) in [5.74, 6) is 0.614. The molecular weight excluding hydrogens is 190 g/mol. The average molecular weight is 205 g/mol. The van der Waals surface area contributed by atoms with E-state index in [1.54, 1.807) is 31.2 Å². The van der Waals surface area contributed by atoms with Crippen molar-refractivity contribution in [3.8, 4) is 11.8 Å². The fourth-order valence-corrected chi connectivity index (χ4v) is 0.996. The van der Waals surface area contributed by atoms with Crippen molar-refractivity contribution in [1.82, 2.24) is 0 Å². The second-order valence-electron chi connectivity index (χ2n) is 3.78. The first-order valence-corrected chi connectivity index (χ1v) is 4.93. The van der Waals surface area contributed by atoms with Crippen LogP contribution in [-0.4, -0.2) is 17.3 Å². The van der Waals surface area contributed by atoms with Gasteiger partial charge < -0.3 is 9.84 Å². The first kappa shape index (κ1) is 11.5. The van der Waals surface area contributed by atoms with E-state index < -0.39 is 5.60 Å². The van der Waals surface area contributed by atoms with Crippen molar-refractivity contribution in [2.75, 3.05) is 6.61 Å². The molecule has 1 atom stereocenters. The number of benzene rings is 1. The number of aliphatic hydroxyl groups is 1. The second kappa shape index (κ2) is 4.81. The third-order valence-corrected chi connectivity index (χ3v) is 2.27. The van der Waals surface area contributed by atoms with E-state index in [4.69, 9.17) is 10.00 Å². The van der Waals surface area contributed by atoms with Crippen molar-refractivity contribution in [2.45, 2.75) is 25.9 Å². The van der Waals surface area contributed by atoms with Gasteiger partial charge in [0, 0.05) is 0 Å². The molecule has 1 unspecified atom stereocenters. The first-order chi connectivity index (χ1) is 7.07. The molecule has 0 spiro atoms. The SMILES string of the molecule is CCC(C)(O)COc1cccc(C#N)c1. The van der Waals surface area contributed by atoms with Crippen LogP contribution >= 0.6 is 0 Å². The summed E-state index contributed by atoms with van der Waals surface area (Å²) in [5.41, 5.74) is -0.258. The van der Waals surface area contributed by atoms with Crippen LogP contribution in [0, 0.1) is 11.3 Å². The average Bonchev–Trinajstić information content (AvgIpc) is 2.27. The van der Waals surface area contributed by atoms with Gasteiger partial charge in [0.25, 0.3) is 0 Å². The van der Waals surface area contributed by atoms with Crippen molar-refractivity contribution < 1.29 is 9.84 Å². The molecule has 0 radical (unpaired) electrons. The Kier molecular flexibility index (Phi) is 3.70. The normalized spacial score (nSPS) is 14.0. The van der Waals surface area contributed by atoms with Crippen LogP contribution < -0.4 is 4.74 Å². The van der Waals surface area contributed by atoms with Crippen molar-refractivity contribution in [1.29, 1.82) is 5.26 Å². The standard InChI is InChI=1S/C12H15NO2/c1-3-12(2,14)9-15-11-6-4-5-10(7-11)8-13/h4-7,14H,3,9H2,1-2H3. The van der Waals surface area contributed by atoms with Gasteiger partial charge in [0.1, 0.15) is 12.4 Å². The minimum absolute atomic E-state index is 0.235. The highest BCUT2D eigenvalue weighted by Gasteiger charge is 2.18. The Labute approximate surface area is 89.9 Å². The molecule has 0 aromatic heterocycles. The van der Waals surface area contributed by atoms with Crippen molar-refractivity contribution in [3.05, 3.63) is 29.8 Å². The van der Waals surface area contributed by atoms with Gasteiger partial charge >= 0.3 is 0 Å². The summed E-state index contributed by atoms with van der Waals surface area (Å²) in [4.78, 5) is 0. The maximum Gasteiger partial charge on any atom is 0.120 e. The largest absolute Gasteiger partial charge is 0.491 e. The molecule has 0 fully saturated rings. The molecule has 0 heterocycles. The molecule has 1 rings (SSSR count). The molecule has 1 aromatic rings. The minimum Gasteiger partial charge on any atom is -0.491 e. The first-order valence-electron chi connectivity index (χ1n) is 4.93. The molecule has 0 amide bonds. The predicted molar refractivity (Wildman–Crippen MR) is 57.6 cm³/mol. The van der Waals surface area contributed by atoms with E-state index in [-0.39, 0.29) is 6.61 Å². The zero-order chi connectivity index (χ0) is 11.3. The molecule has 0 bridgehead atoms. The molecule has 0 saturated carbocycles. The molecule has 0 saturated heterocycles. The smallest absolute Gasteiger partial charge is 0.120 e. The summed E-state index contributed by atoms with van der Waals surface area (Å²) in [5, 5.41) is 18.4. The topological polar surface area (TPSA) is 53.2 Å². The van der Waals surface area contributed by atoms with Crippen LogP contribution in [0.4, 0.5) is 0 Å². The van der Waals surface area contributed by atoms with Crippen LogP contribution in [-0.2, 0) is 0 Å². The van der Waals surface area contributed by atoms with Gasteiger partial charge in [-0.3, -0.25) is 0 Å². The van der Waals surface area contributed by atoms with Gasteiger partial charge in [-0.25, -0.2) is 0 Å². The van der Waals surface area contributed by atoms with Gasteiger partial charge in [-0.05, 0) is 31.5 Å². The van der Waals surface area contributed by atoms with Crippen LogP contribution in [0.25, 0.3) is 0 Å². The third-order valence-electron chi connectivity index (χ3n) is 2.27. The van der Waals surface area contributed by atoms with Gasteiger partial charge in [0.2, 0.25) is 0 Å². The van der Waals surface area contributed by atoms with Crippen molar-refractivity contribution >= 4 is 0 Å². The van der Waals surface area contributed by atoms with Gasteiger partial charge in [0.15, 0.2) is 0 Å². The Bertz CT molecular complexity index is 366. The van der Waals surface area contributed by atoms with Crippen molar-refractivity contribution in [2.24, 2.45) is 0 Å². The maximum atomic E-state index is 9.72. The molecule has 80 valence electrons.